The van der Waals surface area contributed by atoms with Gasteiger partial charge in [-0.15, -0.1) is 0 Å². The van der Waals surface area contributed by atoms with Gasteiger partial charge >= 0.3 is 0 Å². The zero-order chi connectivity index (χ0) is 13.9. The molecule has 0 radical (unpaired) electrons. The lowest BCUT2D eigenvalue weighted by Crippen LogP contribution is -2.43. The van der Waals surface area contributed by atoms with Gasteiger partial charge < -0.3 is 10.0 Å². The van der Waals surface area contributed by atoms with Crippen molar-refractivity contribution < 1.29 is 9.90 Å². The van der Waals surface area contributed by atoms with E-state index < -0.39 is 5.60 Å². The van der Waals surface area contributed by atoms with Crippen molar-refractivity contribution in [2.24, 2.45) is 17.8 Å². The lowest BCUT2D eigenvalue weighted by molar-refractivity contribution is -0.138. The van der Waals surface area contributed by atoms with E-state index in [2.05, 4.69) is 13.8 Å². The molecule has 0 bridgehead atoms. The molecule has 3 nitrogen and oxygen atoms in total. The van der Waals surface area contributed by atoms with Crippen LogP contribution in [0.15, 0.2) is 0 Å². The largest absolute Gasteiger partial charge is 0.389 e. The molecule has 1 aliphatic rings. The number of amides is 1. The standard InChI is InChI=1S/C15H29NO2/c1-11(2)12-6-8-13(9-7-12)14(17)16(5)10-15(3,4)18/h11-13,18H,6-10H2,1-5H3. The molecule has 1 fully saturated rings. The SMILES string of the molecule is CC(C)C1CCC(C(=O)N(C)CC(C)(C)O)CC1. The van der Waals surface area contributed by atoms with Crippen LogP contribution < -0.4 is 0 Å². The van der Waals surface area contributed by atoms with Gasteiger partial charge in [0.05, 0.1) is 5.60 Å². The van der Waals surface area contributed by atoms with Crippen molar-refractivity contribution in [3.8, 4) is 0 Å². The number of rotatable bonds is 4. The van der Waals surface area contributed by atoms with Gasteiger partial charge in [-0.3, -0.25) is 4.79 Å². The van der Waals surface area contributed by atoms with Crippen molar-refractivity contribution in [2.75, 3.05) is 13.6 Å². The van der Waals surface area contributed by atoms with E-state index in [0.717, 1.165) is 24.7 Å². The normalized spacial score (nSPS) is 25.3. The molecular formula is C15H29NO2. The second-order valence-electron chi connectivity index (χ2n) is 6.86. The lowest BCUT2D eigenvalue weighted by atomic mass is 9.76. The highest BCUT2D eigenvalue weighted by Crippen LogP contribution is 2.34. The molecule has 3 heteroatoms. The van der Waals surface area contributed by atoms with Crippen molar-refractivity contribution in [2.45, 2.75) is 59.0 Å². The van der Waals surface area contributed by atoms with Crippen LogP contribution in [-0.2, 0) is 4.79 Å². The van der Waals surface area contributed by atoms with Crippen LogP contribution in [0.5, 0.6) is 0 Å². The molecule has 0 aliphatic heterocycles. The Hall–Kier alpha value is -0.570. The number of aliphatic hydroxyl groups is 1. The maximum absolute atomic E-state index is 12.3. The number of carbonyl (C=O) groups is 1. The van der Waals surface area contributed by atoms with E-state index >= 15 is 0 Å². The molecule has 0 aromatic rings. The van der Waals surface area contributed by atoms with Gasteiger partial charge in [0.1, 0.15) is 0 Å². The van der Waals surface area contributed by atoms with Crippen LogP contribution in [0.25, 0.3) is 0 Å². The van der Waals surface area contributed by atoms with E-state index in [9.17, 15) is 9.90 Å². The Morgan fingerprint density at radius 3 is 2.17 bits per heavy atom. The first kappa shape index (κ1) is 15.5. The van der Waals surface area contributed by atoms with E-state index in [1.165, 1.54) is 12.8 Å². The Morgan fingerprint density at radius 1 is 1.28 bits per heavy atom. The highest BCUT2D eigenvalue weighted by atomic mass is 16.3. The molecule has 1 aliphatic carbocycles. The molecule has 1 amide bonds. The summed E-state index contributed by atoms with van der Waals surface area (Å²) in [5.74, 6) is 1.90. The van der Waals surface area contributed by atoms with Crippen molar-refractivity contribution in [3.05, 3.63) is 0 Å². The molecule has 1 saturated carbocycles. The third-order valence-corrected chi connectivity index (χ3v) is 4.06. The second kappa shape index (κ2) is 6.05. The summed E-state index contributed by atoms with van der Waals surface area (Å²) in [6, 6.07) is 0. The van der Waals surface area contributed by atoms with Crippen LogP contribution in [0, 0.1) is 17.8 Å². The molecule has 1 N–H and O–H groups in total. The highest BCUT2D eigenvalue weighted by Gasteiger charge is 2.30. The van der Waals surface area contributed by atoms with Crippen LogP contribution in [0.3, 0.4) is 0 Å². The highest BCUT2D eigenvalue weighted by molar-refractivity contribution is 5.78. The molecule has 0 aromatic heterocycles. The van der Waals surface area contributed by atoms with Crippen molar-refractivity contribution in [1.29, 1.82) is 0 Å². The Labute approximate surface area is 112 Å². The van der Waals surface area contributed by atoms with Gasteiger partial charge in [-0.05, 0) is 51.4 Å². The summed E-state index contributed by atoms with van der Waals surface area (Å²) >= 11 is 0. The van der Waals surface area contributed by atoms with Gasteiger partial charge in [-0.2, -0.15) is 0 Å². The fourth-order valence-electron chi connectivity index (χ4n) is 3.00. The van der Waals surface area contributed by atoms with Crippen LogP contribution in [0.4, 0.5) is 0 Å². The molecule has 0 saturated heterocycles. The van der Waals surface area contributed by atoms with Crippen LogP contribution >= 0.6 is 0 Å². The van der Waals surface area contributed by atoms with E-state index in [-0.39, 0.29) is 11.8 Å². The molecular weight excluding hydrogens is 226 g/mol. The number of hydrogen-bond donors (Lipinski definition) is 1. The Morgan fingerprint density at radius 2 is 1.78 bits per heavy atom. The first-order valence-corrected chi connectivity index (χ1v) is 7.18. The van der Waals surface area contributed by atoms with Crippen molar-refractivity contribution >= 4 is 5.91 Å². The van der Waals surface area contributed by atoms with Crippen LogP contribution in [0.2, 0.25) is 0 Å². The fraction of sp³-hybridized carbons (Fsp3) is 0.933. The zero-order valence-corrected chi connectivity index (χ0v) is 12.6. The van der Waals surface area contributed by atoms with E-state index in [1.54, 1.807) is 25.8 Å². The minimum Gasteiger partial charge on any atom is -0.389 e. The number of nitrogens with zero attached hydrogens (tertiary/aromatic N) is 1. The lowest BCUT2D eigenvalue weighted by Gasteiger charge is -2.34. The van der Waals surface area contributed by atoms with E-state index in [0.29, 0.717) is 6.54 Å². The number of hydrogen-bond acceptors (Lipinski definition) is 2. The molecule has 0 spiro atoms. The van der Waals surface area contributed by atoms with Crippen molar-refractivity contribution in [3.63, 3.8) is 0 Å². The second-order valence-corrected chi connectivity index (χ2v) is 6.86. The molecule has 0 heterocycles. The molecule has 1 rings (SSSR count). The first-order chi connectivity index (χ1) is 8.20. The minimum atomic E-state index is -0.806. The maximum Gasteiger partial charge on any atom is 0.225 e. The Bertz CT molecular complexity index is 273. The Kier molecular flexibility index (Phi) is 5.20. The van der Waals surface area contributed by atoms with Gasteiger partial charge in [0.2, 0.25) is 5.91 Å². The predicted octanol–water partition coefficient (Wildman–Crippen LogP) is 2.68. The monoisotopic (exact) mass is 255 g/mol. The number of likely N-dealkylation sites (N-methyl/N-ethyl adjacent to an activating group) is 1. The smallest absolute Gasteiger partial charge is 0.225 e. The van der Waals surface area contributed by atoms with Crippen molar-refractivity contribution in [1.82, 2.24) is 4.90 Å². The Balaban J connectivity index is 2.45. The predicted molar refractivity (Wildman–Crippen MR) is 74.2 cm³/mol. The van der Waals surface area contributed by atoms with Crippen LogP contribution in [-0.4, -0.2) is 35.1 Å². The van der Waals surface area contributed by atoms with Gasteiger partial charge in [-0.25, -0.2) is 0 Å². The van der Waals surface area contributed by atoms with Crippen LogP contribution in [0.1, 0.15) is 53.4 Å². The summed E-state index contributed by atoms with van der Waals surface area (Å²) in [5.41, 5.74) is -0.806. The van der Waals surface area contributed by atoms with Gasteiger partial charge in [-0.1, -0.05) is 13.8 Å². The quantitative estimate of drug-likeness (QED) is 0.839. The molecule has 0 atom stereocenters. The average Bonchev–Trinajstić information content (AvgIpc) is 2.26. The zero-order valence-electron chi connectivity index (χ0n) is 12.6. The summed E-state index contributed by atoms with van der Waals surface area (Å²) in [6.45, 7) is 8.44. The van der Waals surface area contributed by atoms with E-state index in [1.807, 2.05) is 0 Å². The maximum atomic E-state index is 12.3. The van der Waals surface area contributed by atoms with Gasteiger partial charge in [0.15, 0.2) is 0 Å². The minimum absolute atomic E-state index is 0.173. The summed E-state index contributed by atoms with van der Waals surface area (Å²) in [6.07, 6.45) is 4.37. The molecule has 0 aromatic carbocycles. The topological polar surface area (TPSA) is 40.5 Å². The number of carbonyl (C=O) groups excluding carboxylic acids is 1. The van der Waals surface area contributed by atoms with E-state index in [4.69, 9.17) is 0 Å². The third kappa shape index (κ3) is 4.60. The average molecular weight is 255 g/mol. The summed E-state index contributed by atoms with van der Waals surface area (Å²) in [5, 5.41) is 9.76. The van der Waals surface area contributed by atoms with Gasteiger partial charge in [0.25, 0.3) is 0 Å². The molecule has 0 unspecified atom stereocenters. The molecule has 106 valence electrons. The first-order valence-electron chi connectivity index (χ1n) is 7.18. The summed E-state index contributed by atoms with van der Waals surface area (Å²) in [4.78, 5) is 14.0. The van der Waals surface area contributed by atoms with Gasteiger partial charge in [0, 0.05) is 19.5 Å². The summed E-state index contributed by atoms with van der Waals surface area (Å²) < 4.78 is 0. The third-order valence-electron chi connectivity index (χ3n) is 4.06. The molecule has 18 heavy (non-hydrogen) atoms. The fourth-order valence-corrected chi connectivity index (χ4v) is 3.00. The summed E-state index contributed by atoms with van der Waals surface area (Å²) in [7, 11) is 1.80.